The lowest BCUT2D eigenvalue weighted by atomic mass is 10.0. The molecule has 0 saturated heterocycles. The molecule has 1 aromatic carbocycles. The molecule has 0 aliphatic heterocycles. The van der Waals surface area contributed by atoms with E-state index in [0.29, 0.717) is 11.3 Å². The first-order chi connectivity index (χ1) is 12.2. The van der Waals surface area contributed by atoms with E-state index in [0.717, 1.165) is 11.3 Å². The van der Waals surface area contributed by atoms with Gasteiger partial charge < -0.3 is 10.6 Å². The van der Waals surface area contributed by atoms with E-state index in [9.17, 15) is 18.0 Å². The van der Waals surface area contributed by atoms with Crippen LogP contribution in [-0.4, -0.2) is 33.3 Å². The largest absolute Gasteiger partial charge is 0.355 e. The van der Waals surface area contributed by atoms with Gasteiger partial charge in [-0.1, -0.05) is 26.0 Å². The number of rotatable bonds is 7. The number of hydrogen-bond acceptors (Lipinski definition) is 5. The summed E-state index contributed by atoms with van der Waals surface area (Å²) >= 11 is 1.08. The Bertz CT molecular complexity index is 877. The Balaban J connectivity index is 2.18. The van der Waals surface area contributed by atoms with Gasteiger partial charge in [-0.3, -0.25) is 9.59 Å². The summed E-state index contributed by atoms with van der Waals surface area (Å²) in [6, 6.07) is 8.58. The Morgan fingerprint density at radius 1 is 1.12 bits per heavy atom. The Labute approximate surface area is 156 Å². The Kier molecular flexibility index (Phi) is 6.52. The minimum atomic E-state index is -3.78. The number of benzene rings is 1. The van der Waals surface area contributed by atoms with Gasteiger partial charge in [0.1, 0.15) is 10.3 Å². The van der Waals surface area contributed by atoms with E-state index in [4.69, 9.17) is 0 Å². The number of carbonyl (C=O) groups excluding carboxylic acids is 2. The normalized spacial score (nSPS) is 12.6. The van der Waals surface area contributed by atoms with E-state index in [-0.39, 0.29) is 16.0 Å². The average molecular weight is 396 g/mol. The molecule has 1 heterocycles. The minimum absolute atomic E-state index is 0.151. The van der Waals surface area contributed by atoms with Crippen LogP contribution in [0.3, 0.4) is 0 Å². The van der Waals surface area contributed by atoms with E-state index in [1.54, 1.807) is 43.5 Å². The zero-order valence-corrected chi connectivity index (χ0v) is 16.3. The van der Waals surface area contributed by atoms with Crippen LogP contribution in [0.1, 0.15) is 24.2 Å². The smallest absolute Gasteiger partial charge is 0.251 e. The van der Waals surface area contributed by atoms with Gasteiger partial charge in [0.25, 0.3) is 15.9 Å². The molecule has 1 atom stereocenters. The highest BCUT2D eigenvalue weighted by Gasteiger charge is 2.29. The predicted octanol–water partition coefficient (Wildman–Crippen LogP) is 2.05. The van der Waals surface area contributed by atoms with Gasteiger partial charge in [0.2, 0.25) is 5.91 Å². The Morgan fingerprint density at radius 3 is 2.42 bits per heavy atom. The summed E-state index contributed by atoms with van der Waals surface area (Å²) in [6.45, 7) is 3.50. The van der Waals surface area contributed by atoms with Crippen molar-refractivity contribution in [1.82, 2.24) is 10.0 Å². The van der Waals surface area contributed by atoms with Crippen molar-refractivity contribution in [2.45, 2.75) is 24.1 Å². The van der Waals surface area contributed by atoms with Gasteiger partial charge in [-0.2, -0.15) is 4.72 Å². The molecule has 0 spiro atoms. The van der Waals surface area contributed by atoms with Gasteiger partial charge in [0.05, 0.1) is 0 Å². The summed E-state index contributed by atoms with van der Waals surface area (Å²) in [6.07, 6.45) is 0. The number of carbonyl (C=O) groups is 2. The second-order valence-corrected chi connectivity index (χ2v) is 8.81. The molecule has 2 aromatic rings. The van der Waals surface area contributed by atoms with Gasteiger partial charge in [-0.05, 0) is 35.6 Å². The lowest BCUT2D eigenvalue weighted by molar-refractivity contribution is -0.118. The fraction of sp³-hybridized carbons (Fsp3) is 0.294. The quantitative estimate of drug-likeness (QED) is 0.667. The molecule has 26 heavy (non-hydrogen) atoms. The molecule has 1 aromatic heterocycles. The second kappa shape index (κ2) is 8.43. The van der Waals surface area contributed by atoms with E-state index in [1.807, 2.05) is 0 Å². The van der Waals surface area contributed by atoms with Gasteiger partial charge >= 0.3 is 0 Å². The topological polar surface area (TPSA) is 104 Å². The SMILES string of the molecule is CNC(=O)c1cccc(NC(=O)[C@@H](NS(=O)(=O)c2cccs2)C(C)C)c1. The van der Waals surface area contributed by atoms with Gasteiger partial charge in [0.15, 0.2) is 0 Å². The van der Waals surface area contributed by atoms with Crippen molar-refractivity contribution in [2.24, 2.45) is 5.92 Å². The molecular weight excluding hydrogens is 374 g/mol. The average Bonchev–Trinajstić information content (AvgIpc) is 3.14. The maximum atomic E-state index is 12.6. The van der Waals surface area contributed by atoms with Crippen LogP contribution < -0.4 is 15.4 Å². The van der Waals surface area contributed by atoms with Gasteiger partial charge in [-0.15, -0.1) is 11.3 Å². The Hall–Kier alpha value is -2.23. The van der Waals surface area contributed by atoms with Crippen molar-refractivity contribution in [3.8, 4) is 0 Å². The van der Waals surface area contributed by atoms with Crippen LogP contribution in [-0.2, 0) is 14.8 Å². The van der Waals surface area contributed by atoms with Crippen molar-refractivity contribution in [3.05, 3.63) is 47.3 Å². The number of amides is 2. The van der Waals surface area contributed by atoms with Crippen molar-refractivity contribution < 1.29 is 18.0 Å². The molecule has 0 saturated carbocycles. The van der Waals surface area contributed by atoms with Crippen LogP contribution in [0.4, 0.5) is 5.69 Å². The molecule has 0 fully saturated rings. The molecular formula is C17H21N3O4S2. The number of sulfonamides is 1. The van der Waals surface area contributed by atoms with Crippen molar-refractivity contribution in [2.75, 3.05) is 12.4 Å². The first kappa shape index (κ1) is 20.1. The fourth-order valence-corrected chi connectivity index (χ4v) is 4.59. The maximum absolute atomic E-state index is 12.6. The molecule has 2 amide bonds. The van der Waals surface area contributed by atoms with Crippen molar-refractivity contribution in [3.63, 3.8) is 0 Å². The molecule has 9 heteroatoms. The van der Waals surface area contributed by atoms with E-state index >= 15 is 0 Å². The minimum Gasteiger partial charge on any atom is -0.355 e. The summed E-state index contributed by atoms with van der Waals surface area (Å²) < 4.78 is 27.4. The third-order valence-electron chi connectivity index (χ3n) is 3.61. The molecule has 2 rings (SSSR count). The van der Waals surface area contributed by atoms with Crippen LogP contribution in [0.2, 0.25) is 0 Å². The van der Waals surface area contributed by atoms with E-state index in [2.05, 4.69) is 15.4 Å². The first-order valence-electron chi connectivity index (χ1n) is 7.93. The highest BCUT2D eigenvalue weighted by molar-refractivity contribution is 7.91. The molecule has 0 bridgehead atoms. The van der Waals surface area contributed by atoms with Gasteiger partial charge in [0, 0.05) is 18.3 Å². The second-order valence-electron chi connectivity index (χ2n) is 5.92. The maximum Gasteiger partial charge on any atom is 0.251 e. The number of hydrogen-bond donors (Lipinski definition) is 3. The molecule has 0 unspecified atom stereocenters. The molecule has 7 nitrogen and oxygen atoms in total. The summed E-state index contributed by atoms with van der Waals surface area (Å²) in [5, 5.41) is 6.83. The highest BCUT2D eigenvalue weighted by Crippen LogP contribution is 2.18. The fourth-order valence-electron chi connectivity index (χ4n) is 2.24. The first-order valence-corrected chi connectivity index (χ1v) is 10.3. The summed E-state index contributed by atoms with van der Waals surface area (Å²) in [4.78, 5) is 24.3. The van der Waals surface area contributed by atoms with Crippen LogP contribution in [0.25, 0.3) is 0 Å². The van der Waals surface area contributed by atoms with Crippen molar-refractivity contribution >= 4 is 38.9 Å². The summed E-state index contributed by atoms with van der Waals surface area (Å²) in [5.41, 5.74) is 0.808. The van der Waals surface area contributed by atoms with Gasteiger partial charge in [-0.25, -0.2) is 8.42 Å². The number of nitrogens with one attached hydrogen (secondary N) is 3. The standard InChI is InChI=1S/C17H21N3O4S2/c1-11(2)15(20-26(23,24)14-8-5-9-25-14)17(22)19-13-7-4-6-12(10-13)16(21)18-3/h4-11,15,20H,1-3H3,(H,18,21)(H,19,22)/t15-/m0/s1. The number of thiophene rings is 1. The molecule has 0 aliphatic carbocycles. The molecule has 0 aliphatic rings. The third-order valence-corrected chi connectivity index (χ3v) is 6.45. The summed E-state index contributed by atoms with van der Waals surface area (Å²) in [7, 11) is -2.26. The van der Waals surface area contributed by atoms with Crippen molar-refractivity contribution in [1.29, 1.82) is 0 Å². The lowest BCUT2D eigenvalue weighted by Gasteiger charge is -2.21. The monoisotopic (exact) mass is 395 g/mol. The third kappa shape index (κ3) is 4.90. The van der Waals surface area contributed by atoms with Crippen LogP contribution in [0, 0.1) is 5.92 Å². The molecule has 0 radical (unpaired) electrons. The lowest BCUT2D eigenvalue weighted by Crippen LogP contribution is -2.46. The zero-order chi connectivity index (χ0) is 19.3. The van der Waals surface area contributed by atoms with E-state index in [1.165, 1.54) is 19.2 Å². The predicted molar refractivity (Wildman–Crippen MR) is 102 cm³/mol. The van der Waals surface area contributed by atoms with E-state index < -0.39 is 22.0 Å². The number of anilines is 1. The zero-order valence-electron chi connectivity index (χ0n) is 14.6. The van der Waals surface area contributed by atoms with Crippen LogP contribution in [0.5, 0.6) is 0 Å². The molecule has 140 valence electrons. The van der Waals surface area contributed by atoms with Crippen LogP contribution in [0.15, 0.2) is 46.0 Å². The van der Waals surface area contributed by atoms with Crippen LogP contribution >= 0.6 is 11.3 Å². The Morgan fingerprint density at radius 2 is 1.85 bits per heavy atom. The highest BCUT2D eigenvalue weighted by atomic mass is 32.2. The summed E-state index contributed by atoms with van der Waals surface area (Å²) in [5.74, 6) is -1.04. The molecule has 3 N–H and O–H groups in total.